The molecule has 0 heterocycles. The van der Waals surface area contributed by atoms with Crippen LogP contribution in [0, 0.1) is 17.5 Å². The Hall–Kier alpha value is -1.03. The Labute approximate surface area is 86.9 Å². The van der Waals surface area contributed by atoms with E-state index in [-0.39, 0.29) is 12.2 Å². The van der Waals surface area contributed by atoms with Gasteiger partial charge in [0.05, 0.1) is 6.61 Å². The molecule has 0 fully saturated rings. The lowest BCUT2D eigenvalue weighted by Gasteiger charge is -2.05. The lowest BCUT2D eigenvalue weighted by Crippen LogP contribution is -2.00. The van der Waals surface area contributed by atoms with E-state index in [1.54, 1.807) is 0 Å². The SMILES string of the molecule is CCCCOCc1cc(F)c(F)cc1F. The smallest absolute Gasteiger partial charge is 0.161 e. The molecule has 0 saturated heterocycles. The van der Waals surface area contributed by atoms with Crippen LogP contribution in [0.5, 0.6) is 0 Å². The van der Waals surface area contributed by atoms with Crippen LogP contribution in [-0.4, -0.2) is 6.61 Å². The average Bonchev–Trinajstić information content (AvgIpc) is 2.20. The molecule has 0 unspecified atom stereocenters. The summed E-state index contributed by atoms with van der Waals surface area (Å²) in [7, 11) is 0. The monoisotopic (exact) mass is 218 g/mol. The molecule has 4 heteroatoms. The fraction of sp³-hybridized carbons (Fsp3) is 0.455. The highest BCUT2D eigenvalue weighted by Gasteiger charge is 2.09. The van der Waals surface area contributed by atoms with Crippen molar-refractivity contribution in [2.75, 3.05) is 6.61 Å². The van der Waals surface area contributed by atoms with Gasteiger partial charge in [0.1, 0.15) is 5.82 Å². The third kappa shape index (κ3) is 3.55. The first-order chi connectivity index (χ1) is 7.15. The molecule has 0 saturated carbocycles. The molecule has 0 aromatic heterocycles. The van der Waals surface area contributed by atoms with Gasteiger partial charge >= 0.3 is 0 Å². The average molecular weight is 218 g/mol. The van der Waals surface area contributed by atoms with E-state index >= 15 is 0 Å². The molecule has 1 aromatic carbocycles. The highest BCUT2D eigenvalue weighted by molar-refractivity contribution is 5.19. The number of hydrogen-bond acceptors (Lipinski definition) is 1. The van der Waals surface area contributed by atoms with Crippen LogP contribution in [-0.2, 0) is 11.3 Å². The summed E-state index contributed by atoms with van der Waals surface area (Å²) < 4.78 is 43.4. The van der Waals surface area contributed by atoms with Gasteiger partial charge in [-0.3, -0.25) is 0 Å². The first-order valence-electron chi connectivity index (χ1n) is 4.86. The van der Waals surface area contributed by atoms with Crippen molar-refractivity contribution < 1.29 is 17.9 Å². The molecule has 1 rings (SSSR count). The standard InChI is InChI=1S/C11H13F3O/c1-2-3-4-15-7-8-5-10(13)11(14)6-9(8)12/h5-6H,2-4,7H2,1H3. The third-order valence-electron chi connectivity index (χ3n) is 1.99. The van der Waals surface area contributed by atoms with Gasteiger partial charge in [0, 0.05) is 18.2 Å². The van der Waals surface area contributed by atoms with Crippen molar-refractivity contribution in [1.29, 1.82) is 0 Å². The zero-order chi connectivity index (χ0) is 11.3. The van der Waals surface area contributed by atoms with Crippen LogP contribution in [0.3, 0.4) is 0 Å². The molecular weight excluding hydrogens is 205 g/mol. The van der Waals surface area contributed by atoms with Gasteiger partial charge in [-0.2, -0.15) is 0 Å². The van der Waals surface area contributed by atoms with Gasteiger partial charge in [-0.1, -0.05) is 13.3 Å². The molecule has 0 aliphatic rings. The number of rotatable bonds is 5. The predicted octanol–water partition coefficient (Wildman–Crippen LogP) is 3.42. The van der Waals surface area contributed by atoms with Crippen LogP contribution in [0.4, 0.5) is 13.2 Å². The van der Waals surface area contributed by atoms with Gasteiger partial charge in [0.2, 0.25) is 0 Å². The summed E-state index contributed by atoms with van der Waals surface area (Å²) in [6.07, 6.45) is 1.84. The maximum atomic E-state index is 13.1. The van der Waals surface area contributed by atoms with E-state index in [2.05, 4.69) is 0 Å². The summed E-state index contributed by atoms with van der Waals surface area (Å²) in [5.41, 5.74) is 0.0463. The van der Waals surface area contributed by atoms with E-state index in [4.69, 9.17) is 4.74 Å². The van der Waals surface area contributed by atoms with Gasteiger partial charge in [-0.15, -0.1) is 0 Å². The summed E-state index contributed by atoms with van der Waals surface area (Å²) in [5.74, 6) is -3.00. The van der Waals surface area contributed by atoms with Crippen LogP contribution in [0.25, 0.3) is 0 Å². The van der Waals surface area contributed by atoms with E-state index in [1.165, 1.54) is 0 Å². The molecule has 84 valence electrons. The molecule has 0 spiro atoms. The zero-order valence-electron chi connectivity index (χ0n) is 8.53. The topological polar surface area (TPSA) is 9.23 Å². The first-order valence-corrected chi connectivity index (χ1v) is 4.86. The Morgan fingerprint density at radius 3 is 2.40 bits per heavy atom. The molecule has 0 bridgehead atoms. The van der Waals surface area contributed by atoms with Crippen molar-refractivity contribution in [3.05, 3.63) is 35.1 Å². The summed E-state index contributed by atoms with van der Waals surface area (Å²) >= 11 is 0. The lowest BCUT2D eigenvalue weighted by molar-refractivity contribution is 0.115. The minimum Gasteiger partial charge on any atom is -0.377 e. The number of benzene rings is 1. The molecular formula is C11H13F3O. The quantitative estimate of drug-likeness (QED) is 0.543. The van der Waals surface area contributed by atoms with Crippen LogP contribution in [0.1, 0.15) is 25.3 Å². The second-order valence-corrected chi connectivity index (χ2v) is 3.26. The van der Waals surface area contributed by atoms with Crippen molar-refractivity contribution in [2.45, 2.75) is 26.4 Å². The highest BCUT2D eigenvalue weighted by atomic mass is 19.2. The number of unbranched alkanes of at least 4 members (excludes halogenated alkanes) is 1. The molecule has 0 amide bonds. The molecule has 0 aliphatic carbocycles. The highest BCUT2D eigenvalue weighted by Crippen LogP contribution is 2.14. The Bertz CT molecular complexity index is 326. The Morgan fingerprint density at radius 1 is 1.07 bits per heavy atom. The van der Waals surface area contributed by atoms with Crippen molar-refractivity contribution in [3.8, 4) is 0 Å². The molecule has 0 radical (unpaired) electrons. The number of ether oxygens (including phenoxy) is 1. The van der Waals surface area contributed by atoms with E-state index in [0.29, 0.717) is 12.7 Å². The molecule has 15 heavy (non-hydrogen) atoms. The minimum absolute atomic E-state index is 0.0248. The van der Waals surface area contributed by atoms with Gasteiger partial charge in [0.15, 0.2) is 11.6 Å². The summed E-state index contributed by atoms with van der Waals surface area (Å²) in [5, 5.41) is 0. The third-order valence-corrected chi connectivity index (χ3v) is 1.99. The van der Waals surface area contributed by atoms with E-state index < -0.39 is 17.5 Å². The first kappa shape index (κ1) is 12.0. The number of hydrogen-bond donors (Lipinski definition) is 0. The molecule has 1 aromatic rings. The second-order valence-electron chi connectivity index (χ2n) is 3.26. The summed E-state index contributed by atoms with van der Waals surface area (Å²) in [6.45, 7) is 2.47. The fourth-order valence-corrected chi connectivity index (χ4v) is 1.10. The fourth-order valence-electron chi connectivity index (χ4n) is 1.10. The van der Waals surface area contributed by atoms with Crippen LogP contribution in [0.2, 0.25) is 0 Å². The predicted molar refractivity (Wildman–Crippen MR) is 50.9 cm³/mol. The maximum Gasteiger partial charge on any atom is 0.161 e. The summed E-state index contributed by atoms with van der Waals surface area (Å²) in [6, 6.07) is 1.37. The lowest BCUT2D eigenvalue weighted by atomic mass is 10.2. The van der Waals surface area contributed by atoms with Gasteiger partial charge < -0.3 is 4.74 Å². The van der Waals surface area contributed by atoms with Gasteiger partial charge in [-0.05, 0) is 12.5 Å². The maximum absolute atomic E-state index is 13.1. The minimum atomic E-state index is -1.18. The largest absolute Gasteiger partial charge is 0.377 e. The number of halogens is 3. The van der Waals surface area contributed by atoms with Crippen molar-refractivity contribution >= 4 is 0 Å². The van der Waals surface area contributed by atoms with Gasteiger partial charge in [-0.25, -0.2) is 13.2 Å². The Morgan fingerprint density at radius 2 is 1.73 bits per heavy atom. The second kappa shape index (κ2) is 5.75. The molecule has 0 N–H and O–H groups in total. The molecule has 0 aliphatic heterocycles. The van der Waals surface area contributed by atoms with Crippen molar-refractivity contribution in [2.24, 2.45) is 0 Å². The molecule has 0 atom stereocenters. The van der Waals surface area contributed by atoms with Crippen molar-refractivity contribution in [1.82, 2.24) is 0 Å². The Balaban J connectivity index is 2.57. The van der Waals surface area contributed by atoms with Crippen LogP contribution < -0.4 is 0 Å². The Kier molecular flexibility index (Phi) is 4.62. The van der Waals surface area contributed by atoms with Gasteiger partial charge in [0.25, 0.3) is 0 Å². The summed E-state index contributed by atoms with van der Waals surface area (Å²) in [4.78, 5) is 0. The van der Waals surface area contributed by atoms with E-state index in [0.717, 1.165) is 18.9 Å². The normalized spacial score (nSPS) is 10.7. The van der Waals surface area contributed by atoms with Crippen LogP contribution >= 0.6 is 0 Å². The van der Waals surface area contributed by atoms with E-state index in [9.17, 15) is 13.2 Å². The molecule has 1 nitrogen and oxygen atoms in total. The van der Waals surface area contributed by atoms with E-state index in [1.807, 2.05) is 6.92 Å². The zero-order valence-corrected chi connectivity index (χ0v) is 8.53. The van der Waals surface area contributed by atoms with Crippen molar-refractivity contribution in [3.63, 3.8) is 0 Å². The van der Waals surface area contributed by atoms with Crippen LogP contribution in [0.15, 0.2) is 12.1 Å².